The maximum absolute atomic E-state index is 5.88. The topological polar surface area (TPSA) is 39.7 Å². The molecule has 0 aromatic heterocycles. The summed E-state index contributed by atoms with van der Waals surface area (Å²) in [7, 11) is 1.68. The van der Waals surface area contributed by atoms with Gasteiger partial charge in [0.05, 0.1) is 19.3 Å². The molecular weight excluding hydrogens is 242 g/mol. The fourth-order valence-corrected chi connectivity index (χ4v) is 2.31. The molecule has 1 aromatic rings. The number of nitrogens with one attached hydrogen (secondary N) is 1. The first-order chi connectivity index (χ1) is 9.36. The third-order valence-corrected chi connectivity index (χ3v) is 3.26. The van der Waals surface area contributed by atoms with Gasteiger partial charge in [0.1, 0.15) is 18.5 Å². The zero-order valence-electron chi connectivity index (χ0n) is 11.7. The van der Waals surface area contributed by atoms with Crippen molar-refractivity contribution in [3.05, 3.63) is 29.8 Å². The van der Waals surface area contributed by atoms with Crippen molar-refractivity contribution in [2.75, 3.05) is 33.5 Å². The Bertz CT molecular complexity index is 383. The minimum atomic E-state index is 0.0385. The summed E-state index contributed by atoms with van der Waals surface area (Å²) in [6.45, 7) is 4.93. The molecule has 106 valence electrons. The van der Waals surface area contributed by atoms with Gasteiger partial charge in [-0.25, -0.2) is 0 Å². The second kappa shape index (κ2) is 7.48. The first-order valence-electron chi connectivity index (χ1n) is 6.92. The number of methoxy groups -OCH3 is 1. The van der Waals surface area contributed by atoms with Crippen LogP contribution in [0.5, 0.6) is 5.75 Å². The molecule has 0 aliphatic carbocycles. The fraction of sp³-hybridized carbons (Fsp3) is 0.600. The average Bonchev–Trinajstić information content (AvgIpc) is 2.46. The molecule has 1 aliphatic rings. The van der Waals surface area contributed by atoms with Crippen LogP contribution in [-0.2, 0) is 9.47 Å². The molecule has 0 amide bonds. The van der Waals surface area contributed by atoms with Gasteiger partial charge in [-0.05, 0) is 19.0 Å². The molecule has 0 bridgehead atoms. The van der Waals surface area contributed by atoms with Gasteiger partial charge < -0.3 is 19.5 Å². The van der Waals surface area contributed by atoms with Crippen molar-refractivity contribution < 1.29 is 14.2 Å². The monoisotopic (exact) mass is 265 g/mol. The molecule has 2 rings (SSSR count). The number of rotatable bonds is 7. The maximum Gasteiger partial charge on any atom is 0.124 e. The van der Waals surface area contributed by atoms with Crippen LogP contribution in [0.25, 0.3) is 0 Å². The molecule has 0 radical (unpaired) electrons. The maximum atomic E-state index is 5.88. The summed E-state index contributed by atoms with van der Waals surface area (Å²) in [6.07, 6.45) is 1.14. The zero-order chi connectivity index (χ0) is 13.5. The number of hydrogen-bond acceptors (Lipinski definition) is 4. The third kappa shape index (κ3) is 3.69. The van der Waals surface area contributed by atoms with Gasteiger partial charge in [-0.3, -0.25) is 0 Å². The molecular formula is C15H23NO3. The Labute approximate surface area is 115 Å². The Kier molecular flexibility index (Phi) is 5.63. The molecule has 1 N–H and O–H groups in total. The van der Waals surface area contributed by atoms with Crippen LogP contribution in [0, 0.1) is 0 Å². The lowest BCUT2D eigenvalue weighted by Crippen LogP contribution is -2.41. The van der Waals surface area contributed by atoms with E-state index in [1.54, 1.807) is 7.11 Å². The summed E-state index contributed by atoms with van der Waals surface area (Å²) in [4.78, 5) is 0. The van der Waals surface area contributed by atoms with Crippen LogP contribution >= 0.6 is 0 Å². The highest BCUT2D eigenvalue weighted by Crippen LogP contribution is 2.33. The van der Waals surface area contributed by atoms with Crippen LogP contribution in [0.4, 0.5) is 0 Å². The van der Waals surface area contributed by atoms with Crippen LogP contribution in [0.15, 0.2) is 24.3 Å². The van der Waals surface area contributed by atoms with E-state index in [9.17, 15) is 0 Å². The summed E-state index contributed by atoms with van der Waals surface area (Å²) in [5.41, 5.74) is 1.18. The smallest absolute Gasteiger partial charge is 0.124 e. The fourth-order valence-electron chi connectivity index (χ4n) is 2.31. The van der Waals surface area contributed by atoms with Gasteiger partial charge in [-0.15, -0.1) is 0 Å². The number of benzene rings is 1. The van der Waals surface area contributed by atoms with Crippen LogP contribution in [0.2, 0.25) is 0 Å². The summed E-state index contributed by atoms with van der Waals surface area (Å²) < 4.78 is 16.7. The van der Waals surface area contributed by atoms with Gasteiger partial charge in [-0.1, -0.05) is 25.1 Å². The van der Waals surface area contributed by atoms with Crippen LogP contribution in [0.1, 0.15) is 24.9 Å². The van der Waals surface area contributed by atoms with E-state index < -0.39 is 0 Å². The Balaban J connectivity index is 2.07. The average molecular weight is 265 g/mol. The van der Waals surface area contributed by atoms with Gasteiger partial charge in [0, 0.05) is 12.7 Å². The van der Waals surface area contributed by atoms with E-state index in [1.807, 2.05) is 18.2 Å². The van der Waals surface area contributed by atoms with E-state index >= 15 is 0 Å². The second-order valence-corrected chi connectivity index (χ2v) is 4.68. The van der Waals surface area contributed by atoms with Gasteiger partial charge in [0.15, 0.2) is 0 Å². The van der Waals surface area contributed by atoms with Crippen LogP contribution in [-0.4, -0.2) is 39.6 Å². The van der Waals surface area contributed by atoms with Crippen molar-refractivity contribution in [1.29, 1.82) is 0 Å². The minimum absolute atomic E-state index is 0.0385. The van der Waals surface area contributed by atoms with Crippen molar-refractivity contribution in [3.63, 3.8) is 0 Å². The molecule has 1 aliphatic heterocycles. The SMILES string of the molecule is CCCNC1c2ccccc2OCC1OCCOC. The molecule has 0 saturated carbocycles. The zero-order valence-corrected chi connectivity index (χ0v) is 11.7. The van der Waals surface area contributed by atoms with E-state index in [-0.39, 0.29) is 12.1 Å². The molecule has 0 saturated heterocycles. The highest BCUT2D eigenvalue weighted by Gasteiger charge is 2.30. The van der Waals surface area contributed by atoms with Crippen LogP contribution < -0.4 is 10.1 Å². The highest BCUT2D eigenvalue weighted by atomic mass is 16.6. The minimum Gasteiger partial charge on any atom is -0.490 e. The van der Waals surface area contributed by atoms with Gasteiger partial charge >= 0.3 is 0 Å². The second-order valence-electron chi connectivity index (χ2n) is 4.68. The number of para-hydroxylation sites is 1. The molecule has 4 nitrogen and oxygen atoms in total. The largest absolute Gasteiger partial charge is 0.490 e. The normalized spacial score (nSPS) is 21.8. The molecule has 19 heavy (non-hydrogen) atoms. The molecule has 1 heterocycles. The highest BCUT2D eigenvalue weighted by molar-refractivity contribution is 5.38. The predicted molar refractivity (Wildman–Crippen MR) is 74.6 cm³/mol. The van der Waals surface area contributed by atoms with Crippen molar-refractivity contribution in [3.8, 4) is 5.75 Å². The lowest BCUT2D eigenvalue weighted by molar-refractivity contribution is -0.0337. The standard InChI is InChI=1S/C15H23NO3/c1-3-8-16-15-12-6-4-5-7-13(12)19-11-14(15)18-10-9-17-2/h4-7,14-16H,3,8-11H2,1-2H3. The van der Waals surface area contributed by atoms with Gasteiger partial charge in [-0.2, -0.15) is 0 Å². The molecule has 4 heteroatoms. The molecule has 0 fully saturated rings. The molecule has 2 unspecified atom stereocenters. The third-order valence-electron chi connectivity index (χ3n) is 3.26. The van der Waals surface area contributed by atoms with Gasteiger partial charge in [0.25, 0.3) is 0 Å². The quantitative estimate of drug-likeness (QED) is 0.767. The van der Waals surface area contributed by atoms with E-state index in [2.05, 4.69) is 18.3 Å². The van der Waals surface area contributed by atoms with E-state index in [1.165, 1.54) is 5.56 Å². The van der Waals surface area contributed by atoms with E-state index in [0.29, 0.717) is 19.8 Å². The first-order valence-corrected chi connectivity index (χ1v) is 6.92. The van der Waals surface area contributed by atoms with E-state index in [0.717, 1.165) is 18.7 Å². The molecule has 1 aromatic carbocycles. The Morgan fingerprint density at radius 2 is 2.16 bits per heavy atom. The van der Waals surface area contributed by atoms with Crippen molar-refractivity contribution in [2.24, 2.45) is 0 Å². The van der Waals surface area contributed by atoms with Gasteiger partial charge in [0.2, 0.25) is 0 Å². The Morgan fingerprint density at radius 3 is 2.95 bits per heavy atom. The number of ether oxygens (including phenoxy) is 3. The summed E-state index contributed by atoms with van der Waals surface area (Å²) in [5, 5.41) is 3.56. The first kappa shape index (κ1) is 14.3. The molecule has 2 atom stereocenters. The summed E-state index contributed by atoms with van der Waals surface area (Å²) in [5.74, 6) is 0.961. The predicted octanol–water partition coefficient (Wildman–Crippen LogP) is 2.15. The Hall–Kier alpha value is -1.10. The summed E-state index contributed by atoms with van der Waals surface area (Å²) >= 11 is 0. The van der Waals surface area contributed by atoms with E-state index in [4.69, 9.17) is 14.2 Å². The van der Waals surface area contributed by atoms with Crippen LogP contribution in [0.3, 0.4) is 0 Å². The number of hydrogen-bond donors (Lipinski definition) is 1. The lowest BCUT2D eigenvalue weighted by Gasteiger charge is -2.34. The Morgan fingerprint density at radius 1 is 1.32 bits per heavy atom. The lowest BCUT2D eigenvalue weighted by atomic mass is 9.98. The summed E-state index contributed by atoms with van der Waals surface area (Å²) in [6, 6.07) is 8.36. The van der Waals surface area contributed by atoms with Crippen molar-refractivity contribution in [1.82, 2.24) is 5.32 Å². The van der Waals surface area contributed by atoms with Crippen molar-refractivity contribution in [2.45, 2.75) is 25.5 Å². The molecule has 0 spiro atoms. The number of fused-ring (bicyclic) bond motifs is 1. The van der Waals surface area contributed by atoms with Crippen molar-refractivity contribution >= 4 is 0 Å².